The van der Waals surface area contributed by atoms with E-state index in [4.69, 9.17) is 0 Å². The van der Waals surface area contributed by atoms with E-state index in [1.54, 1.807) is 4.68 Å². The fourth-order valence-electron chi connectivity index (χ4n) is 2.83. The van der Waals surface area contributed by atoms with Gasteiger partial charge in [-0.3, -0.25) is 0 Å². The second-order valence-corrected chi connectivity index (χ2v) is 5.60. The highest BCUT2D eigenvalue weighted by molar-refractivity contribution is 5.79. The van der Waals surface area contributed by atoms with Crippen molar-refractivity contribution < 1.29 is 0 Å². The van der Waals surface area contributed by atoms with E-state index in [0.717, 1.165) is 25.2 Å². The van der Waals surface area contributed by atoms with Gasteiger partial charge in [-0.1, -0.05) is 41.5 Å². The number of hydrogen-bond acceptors (Lipinski definition) is 4. The van der Waals surface area contributed by atoms with E-state index in [2.05, 4.69) is 61.9 Å². The maximum atomic E-state index is 4.06. The van der Waals surface area contributed by atoms with Crippen LogP contribution in [-0.4, -0.2) is 31.3 Å². The van der Waals surface area contributed by atoms with E-state index in [1.807, 2.05) is 30.3 Å². The van der Waals surface area contributed by atoms with Gasteiger partial charge in [-0.15, -0.1) is 0 Å². The number of rotatable bonds is 6. The van der Waals surface area contributed by atoms with Crippen LogP contribution in [0, 0.1) is 0 Å². The van der Waals surface area contributed by atoms with Crippen molar-refractivity contribution in [2.24, 2.45) is 0 Å². The summed E-state index contributed by atoms with van der Waals surface area (Å²) in [6.45, 7) is 1.76. The van der Waals surface area contributed by atoms with E-state index in [1.165, 1.54) is 10.9 Å². The molecule has 0 fully saturated rings. The van der Waals surface area contributed by atoms with E-state index >= 15 is 0 Å². The molecule has 0 saturated heterocycles. The Morgan fingerprint density at radius 2 is 1.75 bits per heavy atom. The Labute approximate surface area is 139 Å². The Kier molecular flexibility index (Phi) is 3.93. The Balaban J connectivity index is 1.38. The van der Waals surface area contributed by atoms with Gasteiger partial charge in [0, 0.05) is 24.8 Å². The molecule has 2 heterocycles. The van der Waals surface area contributed by atoms with Gasteiger partial charge in [0.15, 0.2) is 0 Å². The van der Waals surface area contributed by atoms with Crippen LogP contribution in [0.3, 0.4) is 0 Å². The molecule has 1 N–H and O–H groups in total. The number of nitrogens with zero attached hydrogens (tertiary/aromatic N) is 5. The summed E-state index contributed by atoms with van der Waals surface area (Å²) in [5.74, 6) is 0.665. The highest BCUT2D eigenvalue weighted by atomic mass is 15.6. The lowest BCUT2D eigenvalue weighted by atomic mass is 10.2. The lowest BCUT2D eigenvalue weighted by Gasteiger charge is -2.08. The molecule has 2 aromatic heterocycles. The highest BCUT2D eigenvalue weighted by Crippen LogP contribution is 2.15. The zero-order chi connectivity index (χ0) is 16.2. The van der Waals surface area contributed by atoms with Crippen molar-refractivity contribution in [2.75, 3.05) is 11.9 Å². The van der Waals surface area contributed by atoms with Crippen LogP contribution in [0.2, 0.25) is 0 Å². The van der Waals surface area contributed by atoms with Crippen LogP contribution in [0.15, 0.2) is 66.9 Å². The Morgan fingerprint density at radius 1 is 0.917 bits per heavy atom. The van der Waals surface area contributed by atoms with Gasteiger partial charge in [-0.05, 0) is 46.5 Å². The molecule has 0 amide bonds. The largest absolute Gasteiger partial charge is 0.353 e. The van der Waals surface area contributed by atoms with Gasteiger partial charge < -0.3 is 9.88 Å². The Hall–Kier alpha value is -3.15. The molecule has 0 radical (unpaired) electrons. The summed E-state index contributed by atoms with van der Waals surface area (Å²) < 4.78 is 3.99. The van der Waals surface area contributed by atoms with Crippen molar-refractivity contribution in [2.45, 2.75) is 13.0 Å². The number of tetrazole rings is 1. The monoisotopic (exact) mass is 318 g/mol. The lowest BCUT2D eigenvalue weighted by molar-refractivity contribution is 0.679. The molecule has 4 aromatic rings. The molecular weight excluding hydrogens is 300 g/mol. The number of para-hydroxylation sites is 2. The van der Waals surface area contributed by atoms with Crippen molar-refractivity contribution in [1.82, 2.24) is 24.8 Å². The summed E-state index contributed by atoms with van der Waals surface area (Å²) in [7, 11) is 0. The summed E-state index contributed by atoms with van der Waals surface area (Å²) in [5.41, 5.74) is 2.22. The fraction of sp³-hybridized carbons (Fsp3) is 0.167. The standard InChI is InChI=1S/C18H18N6/c1-2-8-16(9-3-1)24-18(20-21-22-24)19-12-6-13-23-14-11-15-7-4-5-10-17(15)23/h1-5,7-11,14H,6,12-13H2,(H,19,20,22). The second-order valence-electron chi connectivity index (χ2n) is 5.60. The minimum Gasteiger partial charge on any atom is -0.353 e. The quantitative estimate of drug-likeness (QED) is 0.555. The molecule has 0 unspecified atom stereocenters. The van der Waals surface area contributed by atoms with E-state index < -0.39 is 0 Å². The molecule has 0 aliphatic heterocycles. The maximum Gasteiger partial charge on any atom is 0.247 e. The van der Waals surface area contributed by atoms with Gasteiger partial charge in [0.25, 0.3) is 0 Å². The van der Waals surface area contributed by atoms with Crippen LogP contribution in [0.25, 0.3) is 16.6 Å². The fourth-order valence-corrected chi connectivity index (χ4v) is 2.83. The predicted molar refractivity (Wildman–Crippen MR) is 94.2 cm³/mol. The molecule has 4 rings (SSSR count). The molecule has 0 spiro atoms. The molecule has 0 atom stereocenters. The molecule has 0 bridgehead atoms. The number of aryl methyl sites for hydroxylation is 1. The van der Waals surface area contributed by atoms with Crippen LogP contribution in [-0.2, 0) is 6.54 Å². The SMILES string of the molecule is c1ccc(-n2nnnc2NCCCn2ccc3ccccc32)cc1. The minimum atomic E-state index is 0.665. The zero-order valence-corrected chi connectivity index (χ0v) is 13.2. The van der Waals surface area contributed by atoms with Crippen molar-refractivity contribution in [3.8, 4) is 5.69 Å². The first kappa shape index (κ1) is 14.4. The van der Waals surface area contributed by atoms with Crippen LogP contribution in [0.5, 0.6) is 0 Å². The van der Waals surface area contributed by atoms with Crippen LogP contribution < -0.4 is 5.32 Å². The average molecular weight is 318 g/mol. The third kappa shape index (κ3) is 2.86. The summed E-state index contributed by atoms with van der Waals surface area (Å²) >= 11 is 0. The van der Waals surface area contributed by atoms with Gasteiger partial charge in [0.1, 0.15) is 0 Å². The van der Waals surface area contributed by atoms with Gasteiger partial charge in [-0.2, -0.15) is 4.68 Å². The number of anilines is 1. The van der Waals surface area contributed by atoms with Gasteiger partial charge in [0.05, 0.1) is 5.69 Å². The van der Waals surface area contributed by atoms with Gasteiger partial charge >= 0.3 is 0 Å². The van der Waals surface area contributed by atoms with Crippen LogP contribution in [0.1, 0.15) is 6.42 Å². The first-order valence-electron chi connectivity index (χ1n) is 8.03. The van der Waals surface area contributed by atoms with Crippen molar-refractivity contribution in [3.05, 3.63) is 66.9 Å². The first-order valence-corrected chi connectivity index (χ1v) is 8.03. The third-order valence-corrected chi connectivity index (χ3v) is 4.01. The molecule has 2 aromatic carbocycles. The molecule has 6 nitrogen and oxygen atoms in total. The highest BCUT2D eigenvalue weighted by Gasteiger charge is 2.07. The molecular formula is C18H18N6. The molecule has 0 saturated carbocycles. The molecule has 0 aliphatic carbocycles. The van der Waals surface area contributed by atoms with Gasteiger partial charge in [-0.25, -0.2) is 0 Å². The number of hydrogen-bond donors (Lipinski definition) is 1. The molecule has 0 aliphatic rings. The van der Waals surface area contributed by atoms with E-state index in [0.29, 0.717) is 5.95 Å². The molecule has 120 valence electrons. The van der Waals surface area contributed by atoms with Gasteiger partial charge in [0.2, 0.25) is 5.95 Å². The second kappa shape index (κ2) is 6.54. The first-order chi connectivity index (χ1) is 11.9. The summed E-state index contributed by atoms with van der Waals surface area (Å²) in [6, 6.07) is 20.5. The van der Waals surface area contributed by atoms with Crippen LogP contribution in [0.4, 0.5) is 5.95 Å². The maximum absolute atomic E-state index is 4.06. The molecule has 6 heteroatoms. The van der Waals surface area contributed by atoms with Crippen molar-refractivity contribution in [3.63, 3.8) is 0 Å². The third-order valence-electron chi connectivity index (χ3n) is 4.01. The number of benzene rings is 2. The summed E-state index contributed by atoms with van der Waals surface area (Å²) in [6.07, 6.45) is 3.12. The average Bonchev–Trinajstić information content (AvgIpc) is 3.27. The van der Waals surface area contributed by atoms with Crippen LogP contribution >= 0.6 is 0 Å². The summed E-state index contributed by atoms with van der Waals surface area (Å²) in [4.78, 5) is 0. The number of fused-ring (bicyclic) bond motifs is 1. The van der Waals surface area contributed by atoms with Crippen molar-refractivity contribution in [1.29, 1.82) is 0 Å². The Bertz CT molecular complexity index is 925. The summed E-state index contributed by atoms with van der Waals surface area (Å²) in [5, 5.41) is 16.5. The predicted octanol–water partition coefficient (Wildman–Crippen LogP) is 3.12. The van der Waals surface area contributed by atoms with E-state index in [-0.39, 0.29) is 0 Å². The normalized spacial score (nSPS) is 11.0. The van der Waals surface area contributed by atoms with Crippen molar-refractivity contribution >= 4 is 16.9 Å². The van der Waals surface area contributed by atoms with E-state index in [9.17, 15) is 0 Å². The Morgan fingerprint density at radius 3 is 2.67 bits per heavy atom. The minimum absolute atomic E-state index is 0.665. The molecule has 24 heavy (non-hydrogen) atoms. The zero-order valence-electron chi connectivity index (χ0n) is 13.2. The lowest BCUT2D eigenvalue weighted by Crippen LogP contribution is -2.10. The number of nitrogens with one attached hydrogen (secondary N) is 1. The number of aromatic nitrogens is 5. The smallest absolute Gasteiger partial charge is 0.247 e. The topological polar surface area (TPSA) is 60.6 Å².